The molecule has 0 amide bonds. The zero-order valence-corrected chi connectivity index (χ0v) is 19.7. The third kappa shape index (κ3) is 2.99. The predicted molar refractivity (Wildman–Crippen MR) is 127 cm³/mol. The minimum absolute atomic E-state index is 0.0571. The fraction of sp³-hybridized carbons (Fsp3) is 0.481. The van der Waals surface area contributed by atoms with Crippen LogP contribution in [0.15, 0.2) is 63.7 Å². The van der Waals surface area contributed by atoms with Crippen molar-refractivity contribution in [3.05, 3.63) is 64.8 Å². The number of carbonyl (C=O) groups is 1. The fourth-order valence-electron chi connectivity index (χ4n) is 6.50. The summed E-state index contributed by atoms with van der Waals surface area (Å²) in [6.45, 7) is 7.54. The van der Waals surface area contributed by atoms with Crippen molar-refractivity contribution in [3.63, 3.8) is 0 Å². The Morgan fingerprint density at radius 2 is 2.09 bits per heavy atom. The van der Waals surface area contributed by atoms with Crippen LogP contribution in [0.4, 0.5) is 0 Å². The van der Waals surface area contributed by atoms with E-state index in [9.17, 15) is 4.79 Å². The van der Waals surface area contributed by atoms with E-state index in [4.69, 9.17) is 0 Å². The lowest BCUT2D eigenvalue weighted by molar-refractivity contribution is -0.119. The van der Waals surface area contributed by atoms with Crippen LogP contribution in [-0.4, -0.2) is 21.7 Å². The van der Waals surface area contributed by atoms with Gasteiger partial charge in [0.15, 0.2) is 11.9 Å². The number of nitrogens with zero attached hydrogens (tertiary/aromatic N) is 4. The third-order valence-electron chi connectivity index (χ3n) is 7.96. The van der Waals surface area contributed by atoms with Gasteiger partial charge in [0.2, 0.25) is 0 Å². The number of carbonyl (C=O) groups excluding carboxylic acids is 1. The summed E-state index contributed by atoms with van der Waals surface area (Å²) >= 11 is 0. The van der Waals surface area contributed by atoms with Gasteiger partial charge >= 0.3 is 0 Å². The fourth-order valence-corrected chi connectivity index (χ4v) is 6.50. The summed E-state index contributed by atoms with van der Waals surface area (Å²) in [4.78, 5) is 13.7. The number of rotatable bonds is 3. The van der Waals surface area contributed by atoms with E-state index in [-0.39, 0.29) is 17.4 Å². The van der Waals surface area contributed by atoms with Crippen molar-refractivity contribution in [2.75, 3.05) is 0 Å². The van der Waals surface area contributed by atoms with Gasteiger partial charge < -0.3 is 5.32 Å². The molecule has 6 nitrogen and oxygen atoms in total. The molecule has 1 N–H and O–H groups in total. The van der Waals surface area contributed by atoms with Gasteiger partial charge in [0.25, 0.3) is 0 Å². The molecule has 2 aromatic rings. The minimum atomic E-state index is -0.508. The van der Waals surface area contributed by atoms with Crippen molar-refractivity contribution >= 4 is 5.78 Å². The maximum Gasteiger partial charge on any atom is 0.164 e. The van der Waals surface area contributed by atoms with Crippen LogP contribution in [0.2, 0.25) is 0 Å². The summed E-state index contributed by atoms with van der Waals surface area (Å²) in [5.41, 5.74) is 7.37. The molecule has 1 aliphatic carbocycles. The zero-order chi connectivity index (χ0) is 22.8. The van der Waals surface area contributed by atoms with Crippen molar-refractivity contribution < 1.29 is 4.79 Å². The molecule has 4 aliphatic rings. The van der Waals surface area contributed by atoms with Crippen LogP contribution in [0, 0.1) is 5.41 Å². The van der Waals surface area contributed by atoms with E-state index in [0.717, 1.165) is 48.2 Å². The third-order valence-corrected chi connectivity index (χ3v) is 7.96. The molecule has 6 rings (SSSR count). The first kappa shape index (κ1) is 20.6. The average molecular weight is 442 g/mol. The molecule has 0 saturated heterocycles. The van der Waals surface area contributed by atoms with E-state index < -0.39 is 5.41 Å². The summed E-state index contributed by atoms with van der Waals surface area (Å²) in [5.74, 6) is 0.246. The number of benzene rings is 1. The Kier molecular flexibility index (Phi) is 4.51. The second kappa shape index (κ2) is 7.24. The molecule has 1 unspecified atom stereocenters. The van der Waals surface area contributed by atoms with E-state index in [2.05, 4.69) is 70.4 Å². The highest BCUT2D eigenvalue weighted by molar-refractivity contribution is 6.01. The molecule has 1 aromatic carbocycles. The lowest BCUT2D eigenvalue weighted by atomic mass is 9.58. The first-order chi connectivity index (χ1) is 15.9. The Labute approximate surface area is 194 Å². The van der Waals surface area contributed by atoms with Gasteiger partial charge in [0.1, 0.15) is 0 Å². The molecular weight excluding hydrogens is 410 g/mol. The first-order valence-corrected chi connectivity index (χ1v) is 12.2. The second-order valence-electron chi connectivity index (χ2n) is 10.7. The molecule has 6 heteroatoms. The highest BCUT2D eigenvalue weighted by Gasteiger charge is 2.53. The smallest absolute Gasteiger partial charge is 0.164 e. The number of aromatic nitrogens is 2. The highest BCUT2D eigenvalue weighted by atomic mass is 16.1. The molecule has 0 fully saturated rings. The Bertz CT molecular complexity index is 1250. The number of hydrogen-bond acceptors (Lipinski definition) is 5. The molecular formula is C27H31N5O. The molecule has 0 radical (unpaired) electrons. The number of hydrogen-bond donors (Lipinski definition) is 1. The van der Waals surface area contributed by atoms with E-state index in [1.165, 1.54) is 29.7 Å². The average Bonchev–Trinajstić information content (AvgIpc) is 3.44. The number of ketones is 1. The van der Waals surface area contributed by atoms with Crippen molar-refractivity contribution in [2.24, 2.45) is 15.6 Å². The van der Waals surface area contributed by atoms with Crippen LogP contribution in [0.3, 0.4) is 0 Å². The van der Waals surface area contributed by atoms with Gasteiger partial charge in [-0.1, -0.05) is 39.0 Å². The molecule has 33 heavy (non-hydrogen) atoms. The van der Waals surface area contributed by atoms with Crippen LogP contribution in [0.25, 0.3) is 11.1 Å². The maximum absolute atomic E-state index is 13.7. The standard InChI is InChI=1S/C27H31N5O/c1-4-27(18-9-7-8-17(12-18)19-15-29-32-11-6-5-10-22(19)32)20-16-28-31-25(20)30-21-13-26(2,3)14-23(33)24(21)27/h7-9,12,15-16,25,30H,4-6,10-11,13-14H2,1-3H3/t25?,27-/m1/s1. The van der Waals surface area contributed by atoms with Gasteiger partial charge in [-0.2, -0.15) is 15.3 Å². The Hall–Kier alpha value is -3.02. The van der Waals surface area contributed by atoms with Crippen LogP contribution < -0.4 is 5.32 Å². The summed E-state index contributed by atoms with van der Waals surface area (Å²) in [6.07, 6.45) is 9.38. The van der Waals surface area contributed by atoms with E-state index >= 15 is 0 Å². The maximum atomic E-state index is 13.7. The lowest BCUT2D eigenvalue weighted by Gasteiger charge is -2.47. The highest BCUT2D eigenvalue weighted by Crippen LogP contribution is 2.54. The first-order valence-electron chi connectivity index (χ1n) is 12.2. The monoisotopic (exact) mass is 441 g/mol. The predicted octanol–water partition coefficient (Wildman–Crippen LogP) is 5.46. The van der Waals surface area contributed by atoms with E-state index in [0.29, 0.717) is 6.42 Å². The normalized spacial score (nSPS) is 27.5. The van der Waals surface area contributed by atoms with Crippen molar-refractivity contribution in [3.8, 4) is 11.1 Å². The number of allylic oxidation sites excluding steroid dienone is 2. The number of Topliss-reactive ketones (excluding diaryl/α,β-unsaturated/α-hetero) is 1. The largest absolute Gasteiger partial charge is 0.362 e. The summed E-state index contributed by atoms with van der Waals surface area (Å²) in [6, 6.07) is 8.78. The Morgan fingerprint density at radius 1 is 1.21 bits per heavy atom. The molecule has 3 aliphatic heterocycles. The Morgan fingerprint density at radius 3 is 2.94 bits per heavy atom. The van der Waals surface area contributed by atoms with Gasteiger partial charge in [-0.15, -0.1) is 0 Å². The SMILES string of the molecule is CC[C@@]1(c2cccc(-c3cnn4c3CCCC4)c2)C2=CN=NC2NC2=C1C(=O)CC(C)(C)C2. The Balaban J connectivity index is 1.54. The molecule has 170 valence electrons. The minimum Gasteiger partial charge on any atom is -0.362 e. The van der Waals surface area contributed by atoms with Gasteiger partial charge in [0.05, 0.1) is 17.8 Å². The van der Waals surface area contributed by atoms with Gasteiger partial charge in [-0.3, -0.25) is 9.48 Å². The van der Waals surface area contributed by atoms with E-state index in [1.807, 2.05) is 12.4 Å². The summed E-state index contributed by atoms with van der Waals surface area (Å²) in [5, 5.41) is 17.0. The quantitative estimate of drug-likeness (QED) is 0.688. The van der Waals surface area contributed by atoms with Crippen molar-refractivity contribution in [1.29, 1.82) is 0 Å². The zero-order valence-electron chi connectivity index (χ0n) is 19.7. The van der Waals surface area contributed by atoms with Crippen molar-refractivity contribution in [2.45, 2.75) is 77.4 Å². The van der Waals surface area contributed by atoms with Gasteiger partial charge in [-0.25, -0.2) is 0 Å². The number of aryl methyl sites for hydroxylation is 1. The molecule has 1 aromatic heterocycles. The number of azo groups is 1. The topological polar surface area (TPSA) is 71.6 Å². The molecule has 2 atom stereocenters. The van der Waals surface area contributed by atoms with Gasteiger partial charge in [0, 0.05) is 41.1 Å². The van der Waals surface area contributed by atoms with Crippen LogP contribution in [-0.2, 0) is 23.2 Å². The van der Waals surface area contributed by atoms with Crippen LogP contribution in [0.5, 0.6) is 0 Å². The van der Waals surface area contributed by atoms with Crippen molar-refractivity contribution in [1.82, 2.24) is 15.1 Å². The molecule has 4 heterocycles. The lowest BCUT2D eigenvalue weighted by Crippen LogP contribution is -2.51. The van der Waals surface area contributed by atoms with Crippen LogP contribution in [0.1, 0.15) is 64.1 Å². The molecule has 0 spiro atoms. The summed E-state index contributed by atoms with van der Waals surface area (Å²) < 4.78 is 2.16. The van der Waals surface area contributed by atoms with Gasteiger partial charge in [-0.05, 0) is 54.7 Å². The molecule has 0 bridgehead atoms. The second-order valence-corrected chi connectivity index (χ2v) is 10.7. The number of nitrogens with one attached hydrogen (secondary N) is 1. The molecule has 0 saturated carbocycles. The summed E-state index contributed by atoms with van der Waals surface area (Å²) in [7, 11) is 0. The van der Waals surface area contributed by atoms with Crippen LogP contribution >= 0.6 is 0 Å². The number of fused-ring (bicyclic) bond motifs is 2. The van der Waals surface area contributed by atoms with E-state index in [1.54, 1.807) is 0 Å².